The minimum Gasteiger partial charge on any atom is -0.372 e. The van der Waals surface area contributed by atoms with Gasteiger partial charge < -0.3 is 15.5 Å². The van der Waals surface area contributed by atoms with Gasteiger partial charge in [-0.15, -0.1) is 0 Å². The highest BCUT2D eigenvalue weighted by molar-refractivity contribution is 6.08. The summed E-state index contributed by atoms with van der Waals surface area (Å²) < 4.78 is 0. The van der Waals surface area contributed by atoms with E-state index in [9.17, 15) is 9.59 Å². The maximum absolute atomic E-state index is 12.4. The summed E-state index contributed by atoms with van der Waals surface area (Å²) in [5, 5.41) is 5.73. The number of nitrogens with one attached hydrogen (secondary N) is 2. The van der Waals surface area contributed by atoms with Crippen molar-refractivity contribution in [3.63, 3.8) is 0 Å². The van der Waals surface area contributed by atoms with E-state index in [1.807, 2.05) is 42.5 Å². The Balaban J connectivity index is 1.97. The molecular weight excluding hydrogens is 350 g/mol. The molecule has 0 unspecified atom stereocenters. The third-order valence-corrected chi connectivity index (χ3v) is 4.86. The van der Waals surface area contributed by atoms with Crippen LogP contribution in [0.1, 0.15) is 45.2 Å². The highest BCUT2D eigenvalue weighted by Crippen LogP contribution is 2.23. The predicted molar refractivity (Wildman–Crippen MR) is 117 cm³/mol. The van der Waals surface area contributed by atoms with Gasteiger partial charge in [-0.25, -0.2) is 0 Å². The molecule has 2 rings (SSSR count). The summed E-state index contributed by atoms with van der Waals surface area (Å²) in [6.45, 7) is 10.2. The van der Waals surface area contributed by atoms with Gasteiger partial charge in [0.25, 0.3) is 0 Å². The lowest BCUT2D eigenvalue weighted by Gasteiger charge is -2.21. The number of para-hydroxylation sites is 1. The molecule has 0 saturated carbocycles. The normalized spacial score (nSPS) is 10.4. The van der Waals surface area contributed by atoms with E-state index in [1.165, 1.54) is 0 Å². The molecule has 0 aliphatic carbocycles. The maximum Gasteiger partial charge on any atom is 0.233 e. The lowest BCUT2D eigenvalue weighted by atomic mass is 10.0. The van der Waals surface area contributed by atoms with E-state index in [-0.39, 0.29) is 18.2 Å². The summed E-state index contributed by atoms with van der Waals surface area (Å²) in [5.41, 5.74) is 4.81. The molecule has 0 bridgehead atoms. The minimum atomic E-state index is -0.319. The number of carbonyl (C=O) groups excluding carboxylic acids is 2. The quantitative estimate of drug-likeness (QED) is 0.623. The van der Waals surface area contributed by atoms with Crippen molar-refractivity contribution in [3.8, 4) is 0 Å². The zero-order valence-electron chi connectivity index (χ0n) is 17.3. The molecule has 5 heteroatoms. The molecule has 2 N–H and O–H groups in total. The van der Waals surface area contributed by atoms with Gasteiger partial charge in [-0.05, 0) is 62.1 Å². The first-order valence-corrected chi connectivity index (χ1v) is 10.1. The van der Waals surface area contributed by atoms with Crippen LogP contribution in [0.25, 0.3) is 0 Å². The van der Waals surface area contributed by atoms with E-state index in [1.54, 1.807) is 0 Å². The fourth-order valence-corrected chi connectivity index (χ4v) is 3.28. The lowest BCUT2D eigenvalue weighted by Crippen LogP contribution is -2.23. The third-order valence-electron chi connectivity index (χ3n) is 4.86. The second kappa shape index (κ2) is 10.5. The van der Waals surface area contributed by atoms with Crippen molar-refractivity contribution in [2.75, 3.05) is 28.6 Å². The Hall–Kier alpha value is -2.82. The maximum atomic E-state index is 12.4. The van der Waals surface area contributed by atoms with Crippen molar-refractivity contribution in [3.05, 3.63) is 53.6 Å². The lowest BCUT2D eigenvalue weighted by molar-refractivity contribution is -0.123. The van der Waals surface area contributed by atoms with Crippen molar-refractivity contribution < 1.29 is 9.59 Å². The molecule has 0 fully saturated rings. The number of hydrogen-bond acceptors (Lipinski definition) is 3. The van der Waals surface area contributed by atoms with Gasteiger partial charge in [0, 0.05) is 30.2 Å². The monoisotopic (exact) mass is 381 g/mol. The molecular formula is C23H31N3O2. The molecule has 0 aliphatic rings. The van der Waals surface area contributed by atoms with E-state index in [4.69, 9.17) is 0 Å². The number of hydrogen-bond donors (Lipinski definition) is 2. The van der Waals surface area contributed by atoms with Crippen molar-refractivity contribution in [2.24, 2.45) is 0 Å². The molecule has 150 valence electrons. The first-order chi connectivity index (χ1) is 13.5. The zero-order chi connectivity index (χ0) is 20.5. The highest BCUT2D eigenvalue weighted by Gasteiger charge is 2.14. The predicted octanol–water partition coefficient (Wildman–Crippen LogP) is 4.62. The summed E-state index contributed by atoms with van der Waals surface area (Å²) in [4.78, 5) is 26.9. The van der Waals surface area contributed by atoms with E-state index >= 15 is 0 Å². The topological polar surface area (TPSA) is 61.4 Å². The molecule has 0 aromatic heterocycles. The Morgan fingerprint density at radius 3 is 1.82 bits per heavy atom. The second-order valence-corrected chi connectivity index (χ2v) is 6.65. The van der Waals surface area contributed by atoms with Gasteiger partial charge in [-0.3, -0.25) is 9.59 Å². The summed E-state index contributed by atoms with van der Waals surface area (Å²) in [6.07, 6.45) is 1.45. The summed E-state index contributed by atoms with van der Waals surface area (Å²) in [7, 11) is 0. The van der Waals surface area contributed by atoms with Crippen LogP contribution in [0.4, 0.5) is 17.1 Å². The van der Waals surface area contributed by atoms with Crippen LogP contribution in [0.15, 0.2) is 42.5 Å². The first-order valence-electron chi connectivity index (χ1n) is 10.1. The SMILES string of the molecule is CCc1cccc(CC)c1NC(=O)CC(=O)Nc1ccc(N(CC)CC)cc1. The smallest absolute Gasteiger partial charge is 0.233 e. The van der Waals surface area contributed by atoms with E-state index < -0.39 is 0 Å². The third kappa shape index (κ3) is 5.59. The Kier molecular flexibility index (Phi) is 8.05. The Morgan fingerprint density at radius 1 is 0.786 bits per heavy atom. The molecule has 28 heavy (non-hydrogen) atoms. The van der Waals surface area contributed by atoms with Crippen LogP contribution in [0, 0.1) is 0 Å². The fraction of sp³-hybridized carbons (Fsp3) is 0.391. The minimum absolute atomic E-state index is 0.209. The van der Waals surface area contributed by atoms with E-state index in [2.05, 4.69) is 43.2 Å². The molecule has 0 aliphatic heterocycles. The van der Waals surface area contributed by atoms with Gasteiger partial charge in [0.15, 0.2) is 0 Å². The molecule has 2 amide bonds. The molecule has 0 saturated heterocycles. The number of anilines is 3. The van der Waals surface area contributed by atoms with Gasteiger partial charge >= 0.3 is 0 Å². The van der Waals surface area contributed by atoms with Crippen molar-refractivity contribution in [1.82, 2.24) is 0 Å². The van der Waals surface area contributed by atoms with Crippen LogP contribution in [-0.4, -0.2) is 24.9 Å². The average molecular weight is 382 g/mol. The fourth-order valence-electron chi connectivity index (χ4n) is 3.28. The summed E-state index contributed by atoms with van der Waals surface area (Å²) >= 11 is 0. The number of aryl methyl sites for hydroxylation is 2. The molecule has 0 heterocycles. The number of amides is 2. The number of benzene rings is 2. The average Bonchev–Trinajstić information content (AvgIpc) is 2.70. The van der Waals surface area contributed by atoms with Crippen LogP contribution in [0.2, 0.25) is 0 Å². The summed E-state index contributed by atoms with van der Waals surface area (Å²) in [5.74, 6) is -0.618. The molecule has 2 aromatic carbocycles. The Labute approximate surface area is 168 Å². The van der Waals surface area contributed by atoms with Gasteiger partial charge in [0.05, 0.1) is 0 Å². The molecule has 2 aromatic rings. The van der Waals surface area contributed by atoms with Crippen molar-refractivity contribution in [1.29, 1.82) is 0 Å². The van der Waals surface area contributed by atoms with Gasteiger partial charge in [0.2, 0.25) is 11.8 Å². The van der Waals surface area contributed by atoms with Crippen LogP contribution in [0.5, 0.6) is 0 Å². The van der Waals surface area contributed by atoms with Gasteiger partial charge in [-0.1, -0.05) is 32.0 Å². The van der Waals surface area contributed by atoms with Crippen LogP contribution < -0.4 is 15.5 Å². The highest BCUT2D eigenvalue weighted by atomic mass is 16.2. The van der Waals surface area contributed by atoms with Gasteiger partial charge in [-0.2, -0.15) is 0 Å². The number of nitrogens with zero attached hydrogens (tertiary/aromatic N) is 1. The van der Waals surface area contributed by atoms with Crippen molar-refractivity contribution in [2.45, 2.75) is 47.0 Å². The van der Waals surface area contributed by atoms with Crippen LogP contribution in [-0.2, 0) is 22.4 Å². The second-order valence-electron chi connectivity index (χ2n) is 6.65. The first kappa shape index (κ1) is 21.5. The Morgan fingerprint density at radius 2 is 1.32 bits per heavy atom. The molecule has 0 radical (unpaired) electrons. The number of carbonyl (C=O) groups is 2. The molecule has 0 atom stereocenters. The molecule has 0 spiro atoms. The zero-order valence-corrected chi connectivity index (χ0v) is 17.3. The number of rotatable bonds is 9. The Bertz CT molecular complexity index is 774. The summed E-state index contributed by atoms with van der Waals surface area (Å²) in [6, 6.07) is 13.7. The van der Waals surface area contributed by atoms with Gasteiger partial charge in [0.1, 0.15) is 6.42 Å². The largest absolute Gasteiger partial charge is 0.372 e. The van der Waals surface area contributed by atoms with E-state index in [0.717, 1.165) is 48.4 Å². The van der Waals surface area contributed by atoms with Crippen molar-refractivity contribution >= 4 is 28.9 Å². The van der Waals surface area contributed by atoms with Crippen LogP contribution >= 0.6 is 0 Å². The van der Waals surface area contributed by atoms with E-state index in [0.29, 0.717) is 5.69 Å². The standard InChI is InChI=1S/C23H31N3O2/c1-5-17-10-9-11-18(6-2)23(17)25-22(28)16-21(27)24-19-12-14-20(15-13-19)26(7-3)8-4/h9-15H,5-8,16H2,1-4H3,(H,24,27)(H,25,28). The molecule has 5 nitrogen and oxygen atoms in total. The van der Waals surface area contributed by atoms with Crippen LogP contribution in [0.3, 0.4) is 0 Å².